The van der Waals surface area contributed by atoms with Crippen LogP contribution in [0.4, 0.5) is 15.9 Å². The lowest BCUT2D eigenvalue weighted by Crippen LogP contribution is -2.48. The zero-order valence-corrected chi connectivity index (χ0v) is 16.1. The summed E-state index contributed by atoms with van der Waals surface area (Å²) in [6, 6.07) is 4.18. The van der Waals surface area contributed by atoms with Gasteiger partial charge in [0.2, 0.25) is 5.91 Å². The number of rotatable bonds is 5. The van der Waals surface area contributed by atoms with E-state index in [2.05, 4.69) is 9.97 Å². The van der Waals surface area contributed by atoms with Crippen molar-refractivity contribution in [3.05, 3.63) is 41.6 Å². The van der Waals surface area contributed by atoms with Crippen LogP contribution in [0.25, 0.3) is 0 Å². The molecule has 1 aromatic carbocycles. The van der Waals surface area contributed by atoms with Crippen molar-refractivity contribution in [1.82, 2.24) is 14.9 Å². The first kappa shape index (κ1) is 19.5. The maximum Gasteiger partial charge on any atom is 0.241 e. The maximum absolute atomic E-state index is 14.1. The Kier molecular flexibility index (Phi) is 5.43. The van der Waals surface area contributed by atoms with Gasteiger partial charge in [-0.1, -0.05) is 0 Å². The van der Waals surface area contributed by atoms with E-state index in [0.29, 0.717) is 30.2 Å². The average molecular weight is 386 g/mol. The van der Waals surface area contributed by atoms with Gasteiger partial charge in [0.05, 0.1) is 24.1 Å². The molecule has 2 aromatic rings. The number of hydrogen-bond donors (Lipinski definition) is 2. The third-order valence-corrected chi connectivity index (χ3v) is 4.43. The van der Waals surface area contributed by atoms with Crippen molar-refractivity contribution in [2.75, 3.05) is 37.3 Å². The molecule has 0 saturated carbocycles. The number of aromatic nitrogens is 2. The van der Waals surface area contributed by atoms with Gasteiger partial charge < -0.3 is 20.3 Å². The number of carbonyl (C=O) groups is 1. The molecule has 3 N–H and O–H groups in total. The summed E-state index contributed by atoms with van der Waals surface area (Å²) in [5, 5.41) is 8.50. The minimum atomic E-state index is -0.581. The highest BCUT2D eigenvalue weighted by Gasteiger charge is 2.23. The number of likely N-dealkylation sites (N-methyl/N-ethyl adjacent to an activating group) is 1. The zero-order chi connectivity index (χ0) is 20.4. The molecule has 148 valence electrons. The van der Waals surface area contributed by atoms with E-state index in [1.165, 1.54) is 12.4 Å². The summed E-state index contributed by atoms with van der Waals surface area (Å²) in [6.45, 7) is 5.02. The Morgan fingerprint density at radius 2 is 2.04 bits per heavy atom. The van der Waals surface area contributed by atoms with Gasteiger partial charge in [0.25, 0.3) is 0 Å². The summed E-state index contributed by atoms with van der Waals surface area (Å²) in [7, 11) is 1.76. The van der Waals surface area contributed by atoms with Crippen molar-refractivity contribution < 1.29 is 13.9 Å². The second-order valence-corrected chi connectivity index (χ2v) is 6.91. The van der Waals surface area contributed by atoms with Crippen LogP contribution in [0, 0.1) is 11.2 Å². The Hall–Kier alpha value is -3.23. The summed E-state index contributed by atoms with van der Waals surface area (Å²) in [6.07, 6.45) is 1.12. The lowest BCUT2D eigenvalue weighted by Gasteiger charge is -2.32. The van der Waals surface area contributed by atoms with E-state index in [1.54, 1.807) is 31.9 Å². The molecule has 1 saturated heterocycles. The van der Waals surface area contributed by atoms with Gasteiger partial charge in [-0.15, -0.1) is 0 Å². The van der Waals surface area contributed by atoms with Crippen molar-refractivity contribution in [3.63, 3.8) is 0 Å². The van der Waals surface area contributed by atoms with Crippen LogP contribution in [-0.4, -0.2) is 59.3 Å². The van der Waals surface area contributed by atoms with Crippen LogP contribution >= 0.6 is 0 Å². The molecule has 1 aliphatic heterocycles. The van der Waals surface area contributed by atoms with Crippen LogP contribution in [0.2, 0.25) is 0 Å². The summed E-state index contributed by atoms with van der Waals surface area (Å²) >= 11 is 0. The van der Waals surface area contributed by atoms with E-state index < -0.39 is 5.82 Å². The molecule has 8 nitrogen and oxygen atoms in total. The number of carbonyl (C=O) groups excluding carboxylic acids is 1. The molecule has 1 aromatic heterocycles. The second kappa shape index (κ2) is 7.79. The molecule has 2 heterocycles. The predicted octanol–water partition coefficient (Wildman–Crippen LogP) is 1.68. The van der Waals surface area contributed by atoms with Gasteiger partial charge >= 0.3 is 0 Å². The summed E-state index contributed by atoms with van der Waals surface area (Å²) in [5.74, 6) is 0.000232. The number of nitrogens with two attached hydrogens (primary N) is 1. The number of piperazine rings is 1. The molecular formula is C19H23FN6O2. The van der Waals surface area contributed by atoms with Gasteiger partial charge in [0.1, 0.15) is 12.1 Å². The largest absolute Gasteiger partial charge is 0.488 e. The van der Waals surface area contributed by atoms with Crippen molar-refractivity contribution in [3.8, 4) is 5.75 Å². The molecule has 0 spiro atoms. The molecule has 0 aliphatic carbocycles. The molecule has 0 radical (unpaired) electrons. The van der Waals surface area contributed by atoms with Crippen LogP contribution in [-0.2, 0) is 4.79 Å². The van der Waals surface area contributed by atoms with Gasteiger partial charge in [-0.25, -0.2) is 14.4 Å². The van der Waals surface area contributed by atoms with Crippen LogP contribution in [0.15, 0.2) is 24.5 Å². The number of benzene rings is 1. The highest BCUT2D eigenvalue weighted by Crippen LogP contribution is 2.27. The van der Waals surface area contributed by atoms with Crippen molar-refractivity contribution in [2.24, 2.45) is 0 Å². The number of halogens is 1. The number of anilines is 2. The molecule has 1 aliphatic rings. The van der Waals surface area contributed by atoms with Gasteiger partial charge in [-0.05, 0) is 19.9 Å². The number of nitrogens with zero attached hydrogens (tertiary/aromatic N) is 4. The van der Waals surface area contributed by atoms with Crippen LogP contribution < -0.4 is 15.4 Å². The molecule has 9 heteroatoms. The van der Waals surface area contributed by atoms with Crippen molar-refractivity contribution in [2.45, 2.75) is 20.0 Å². The fourth-order valence-corrected chi connectivity index (χ4v) is 2.88. The molecule has 1 fully saturated rings. The highest BCUT2D eigenvalue weighted by atomic mass is 19.1. The molecule has 0 bridgehead atoms. The first-order valence-corrected chi connectivity index (χ1v) is 8.92. The van der Waals surface area contributed by atoms with Crippen LogP contribution in [0.5, 0.6) is 5.75 Å². The fraction of sp³-hybridized carbons (Fsp3) is 0.368. The standard InChI is InChI=1S/C19H23FN6O2/c1-11(2)28-16-6-12(14(21)7-13(16)20)19(22)15-8-17(24-10-23-15)26-5-4-25(3)18(27)9-26/h6-8,10-11,22H,4-5,9,21H2,1-3H3. The van der Waals surface area contributed by atoms with Crippen molar-refractivity contribution in [1.29, 1.82) is 5.41 Å². The second-order valence-electron chi connectivity index (χ2n) is 6.91. The van der Waals surface area contributed by atoms with E-state index in [-0.39, 0.29) is 35.7 Å². The van der Waals surface area contributed by atoms with E-state index in [1.807, 2.05) is 4.90 Å². The van der Waals surface area contributed by atoms with E-state index in [0.717, 1.165) is 6.07 Å². The summed E-state index contributed by atoms with van der Waals surface area (Å²) < 4.78 is 19.5. The van der Waals surface area contributed by atoms with Crippen molar-refractivity contribution >= 4 is 23.1 Å². The normalized spacial score (nSPS) is 14.5. The molecule has 28 heavy (non-hydrogen) atoms. The van der Waals surface area contributed by atoms with Crippen LogP contribution in [0.1, 0.15) is 25.1 Å². The number of amides is 1. The average Bonchev–Trinajstić information content (AvgIpc) is 2.65. The quantitative estimate of drug-likeness (QED) is 0.598. The third-order valence-electron chi connectivity index (χ3n) is 4.43. The predicted molar refractivity (Wildman–Crippen MR) is 104 cm³/mol. The van der Waals surface area contributed by atoms with Gasteiger partial charge in [-0.3, -0.25) is 10.2 Å². The number of nitrogens with one attached hydrogen (secondary N) is 1. The fourth-order valence-electron chi connectivity index (χ4n) is 2.88. The highest BCUT2D eigenvalue weighted by molar-refractivity contribution is 6.13. The Balaban J connectivity index is 1.90. The lowest BCUT2D eigenvalue weighted by molar-refractivity contribution is -0.129. The molecular weight excluding hydrogens is 363 g/mol. The maximum atomic E-state index is 14.1. The Labute approximate surface area is 162 Å². The zero-order valence-electron chi connectivity index (χ0n) is 16.1. The molecule has 1 amide bonds. The lowest BCUT2D eigenvalue weighted by atomic mass is 10.0. The number of ether oxygens (including phenoxy) is 1. The molecule has 0 unspecified atom stereocenters. The number of hydrogen-bond acceptors (Lipinski definition) is 7. The summed E-state index contributed by atoms with van der Waals surface area (Å²) in [4.78, 5) is 23.8. The minimum absolute atomic E-state index is 0.000237. The van der Waals surface area contributed by atoms with Crippen LogP contribution in [0.3, 0.4) is 0 Å². The first-order chi connectivity index (χ1) is 13.3. The van der Waals surface area contributed by atoms with Gasteiger partial charge in [-0.2, -0.15) is 0 Å². The first-order valence-electron chi connectivity index (χ1n) is 8.92. The summed E-state index contributed by atoms with van der Waals surface area (Å²) in [5.41, 5.74) is 6.72. The van der Waals surface area contributed by atoms with Gasteiger partial charge in [0.15, 0.2) is 11.6 Å². The van der Waals surface area contributed by atoms with Gasteiger partial charge in [0, 0.05) is 43.5 Å². The number of nitrogen functional groups attached to an aromatic ring is 1. The monoisotopic (exact) mass is 386 g/mol. The Morgan fingerprint density at radius 3 is 2.71 bits per heavy atom. The van der Waals surface area contributed by atoms with E-state index in [9.17, 15) is 9.18 Å². The smallest absolute Gasteiger partial charge is 0.241 e. The SMILES string of the molecule is CC(C)Oc1cc(C(=N)c2cc(N3CCN(C)C(=O)C3)ncn2)c(N)cc1F. The molecule has 0 atom stereocenters. The third kappa shape index (κ3) is 4.03. The van der Waals surface area contributed by atoms with E-state index >= 15 is 0 Å². The minimum Gasteiger partial charge on any atom is -0.488 e. The topological polar surface area (TPSA) is 108 Å². The van der Waals surface area contributed by atoms with E-state index in [4.69, 9.17) is 15.9 Å². The Morgan fingerprint density at radius 1 is 1.29 bits per heavy atom. The molecule has 3 rings (SSSR count). The Bertz CT molecular complexity index is 917.